The van der Waals surface area contributed by atoms with Gasteiger partial charge in [-0.05, 0) is 83.0 Å². The van der Waals surface area contributed by atoms with Crippen LogP contribution in [0, 0.1) is 0 Å². The molecule has 5 aromatic rings. The number of thiazole rings is 1. The predicted molar refractivity (Wildman–Crippen MR) is 198 cm³/mol. The summed E-state index contributed by atoms with van der Waals surface area (Å²) in [7, 11) is 0. The molecule has 3 aliphatic rings. The quantitative estimate of drug-likeness (QED) is 0.188. The molecule has 8 rings (SSSR count). The molecule has 226 valence electrons. The van der Waals surface area contributed by atoms with E-state index in [4.69, 9.17) is 28.2 Å². The number of hydrogen-bond acceptors (Lipinski definition) is 5. The maximum absolute atomic E-state index is 14.6. The Hall–Kier alpha value is -3.52. The largest absolute Gasteiger partial charge is 0.272 e. The van der Waals surface area contributed by atoms with E-state index < -0.39 is 0 Å². The van der Waals surface area contributed by atoms with Crippen molar-refractivity contribution in [3.8, 4) is 0 Å². The van der Waals surface area contributed by atoms with Crippen molar-refractivity contribution >= 4 is 78.2 Å². The highest BCUT2D eigenvalue weighted by atomic mass is 35.5. The van der Waals surface area contributed by atoms with Crippen LogP contribution in [0.15, 0.2) is 136 Å². The van der Waals surface area contributed by atoms with Crippen LogP contribution in [-0.4, -0.2) is 4.57 Å². The first kappa shape index (κ1) is 29.9. The van der Waals surface area contributed by atoms with Gasteiger partial charge >= 0.3 is 0 Å². The van der Waals surface area contributed by atoms with Gasteiger partial charge in [0.15, 0.2) is 4.80 Å². The summed E-state index contributed by atoms with van der Waals surface area (Å²) in [6, 6.07) is 36.4. The molecule has 3 nitrogen and oxygen atoms in total. The Kier molecular flexibility index (Phi) is 8.17. The third-order valence-electron chi connectivity index (χ3n) is 8.36. The van der Waals surface area contributed by atoms with E-state index in [-0.39, 0.29) is 11.6 Å². The summed E-state index contributed by atoms with van der Waals surface area (Å²) >= 11 is 17.4. The number of aromatic nitrogens is 1. The van der Waals surface area contributed by atoms with E-state index in [0.29, 0.717) is 10.0 Å². The monoisotopic (exact) mass is 692 g/mol. The molecule has 0 spiro atoms. The molecule has 0 amide bonds. The Balaban J connectivity index is 1.32. The Labute approximate surface area is 289 Å². The number of nitrogens with zero attached hydrogens (tertiary/aromatic N) is 2. The fraction of sp³-hybridized carbons (Fsp3) is 0.105. The lowest BCUT2D eigenvalue weighted by molar-refractivity contribution is 0.553. The van der Waals surface area contributed by atoms with Crippen molar-refractivity contribution in [1.29, 1.82) is 0 Å². The predicted octanol–water partition coefficient (Wildman–Crippen LogP) is 10.0. The maximum atomic E-state index is 14.6. The Morgan fingerprint density at radius 3 is 1.93 bits per heavy atom. The van der Waals surface area contributed by atoms with E-state index in [9.17, 15) is 4.79 Å². The van der Waals surface area contributed by atoms with Crippen LogP contribution in [0.1, 0.15) is 47.6 Å². The van der Waals surface area contributed by atoms with Crippen LogP contribution in [0.4, 0.5) is 0 Å². The third-order valence-corrected chi connectivity index (χ3v) is 12.9. The summed E-state index contributed by atoms with van der Waals surface area (Å²) in [5.74, 6) is 0. The van der Waals surface area contributed by atoms with Gasteiger partial charge in [0.2, 0.25) is 0 Å². The molecule has 0 bridgehead atoms. The van der Waals surface area contributed by atoms with Crippen molar-refractivity contribution in [2.24, 2.45) is 4.99 Å². The van der Waals surface area contributed by atoms with Crippen molar-refractivity contribution in [2.45, 2.75) is 25.3 Å². The lowest BCUT2D eigenvalue weighted by Gasteiger charge is -2.31. The number of thioether (sulfide) groups is 2. The summed E-state index contributed by atoms with van der Waals surface area (Å²) in [4.78, 5) is 22.9. The number of benzene rings is 4. The van der Waals surface area contributed by atoms with Gasteiger partial charge in [0.05, 0.1) is 16.0 Å². The molecule has 2 aliphatic heterocycles. The standard InChI is InChI=1S/C38H26Cl2N2OS3/c39-28-18-14-23(15-19-28)22-27-12-7-13-30-31(27)41-38-42(32(30)24-16-20-29(40)21-17-24)36(43)35(46-38)37-44-33(25-8-3-1-4-9-25)34(45-37)26-10-5-2-6-11-26/h1-6,8-11,14-22,32H,7,12-13H2/b27-22+/t32-/m1/s1. The fourth-order valence-corrected chi connectivity index (χ4v) is 10.4. The van der Waals surface area contributed by atoms with Crippen LogP contribution in [0.25, 0.3) is 20.1 Å². The van der Waals surface area contributed by atoms with Gasteiger partial charge in [-0.2, -0.15) is 0 Å². The number of allylic oxidation sites excluding steroid dienone is 2. The van der Waals surface area contributed by atoms with Gasteiger partial charge in [-0.25, -0.2) is 4.99 Å². The molecule has 1 aromatic heterocycles. The van der Waals surface area contributed by atoms with Gasteiger partial charge in [-0.3, -0.25) is 9.36 Å². The van der Waals surface area contributed by atoms with Gasteiger partial charge in [0, 0.05) is 19.9 Å². The molecule has 0 saturated heterocycles. The SMILES string of the molecule is O=c1c(=C2SC(c3ccccc3)=C(c3ccccc3)S2)sc2n1[C@H](c1ccc(Cl)cc1)C1=C(N=2)/C(=C/c2ccc(Cl)cc2)CCC1. The third kappa shape index (κ3) is 5.56. The molecule has 3 heterocycles. The van der Waals surface area contributed by atoms with Gasteiger partial charge < -0.3 is 0 Å². The maximum Gasteiger partial charge on any atom is 0.272 e. The second-order valence-corrected chi connectivity index (χ2v) is 15.4. The van der Waals surface area contributed by atoms with Crippen LogP contribution in [0.3, 0.4) is 0 Å². The highest BCUT2D eigenvalue weighted by Gasteiger charge is 2.34. The molecular formula is C38H26Cl2N2OS3. The number of halogens is 2. The highest BCUT2D eigenvalue weighted by molar-refractivity contribution is 8.41. The molecule has 0 unspecified atom stereocenters. The summed E-state index contributed by atoms with van der Waals surface area (Å²) in [5, 5.41) is 1.39. The Bertz CT molecular complexity index is 2200. The molecule has 8 heteroatoms. The zero-order valence-corrected chi connectivity index (χ0v) is 28.4. The molecule has 0 radical (unpaired) electrons. The zero-order chi connectivity index (χ0) is 31.2. The van der Waals surface area contributed by atoms with Gasteiger partial charge in [-0.15, -0.1) is 0 Å². The van der Waals surface area contributed by atoms with Gasteiger partial charge in [-0.1, -0.05) is 143 Å². The second-order valence-electron chi connectivity index (χ2n) is 11.3. The van der Waals surface area contributed by atoms with E-state index in [0.717, 1.165) is 60.8 Å². The van der Waals surface area contributed by atoms with E-state index in [1.165, 1.54) is 32.3 Å². The van der Waals surface area contributed by atoms with Crippen molar-refractivity contribution in [3.63, 3.8) is 0 Å². The molecule has 1 atom stereocenters. The zero-order valence-electron chi connectivity index (χ0n) is 24.5. The summed E-state index contributed by atoms with van der Waals surface area (Å²) in [6.45, 7) is 0. The topological polar surface area (TPSA) is 34.4 Å². The Morgan fingerprint density at radius 2 is 1.33 bits per heavy atom. The van der Waals surface area contributed by atoms with Crippen molar-refractivity contribution < 1.29 is 0 Å². The van der Waals surface area contributed by atoms with Gasteiger partial charge in [0.1, 0.15) is 4.53 Å². The van der Waals surface area contributed by atoms with Crippen LogP contribution in [0.2, 0.25) is 10.0 Å². The van der Waals surface area contributed by atoms with Crippen molar-refractivity contribution in [1.82, 2.24) is 4.57 Å². The fourth-order valence-electron chi connectivity index (χ4n) is 6.23. The lowest BCUT2D eigenvalue weighted by Crippen LogP contribution is -2.39. The molecule has 0 N–H and O–H groups in total. The van der Waals surface area contributed by atoms with Crippen molar-refractivity contribution in [3.05, 3.63) is 178 Å². The van der Waals surface area contributed by atoms with E-state index >= 15 is 0 Å². The minimum Gasteiger partial charge on any atom is -0.272 e. The van der Waals surface area contributed by atoms with Crippen LogP contribution in [-0.2, 0) is 0 Å². The summed E-state index contributed by atoms with van der Waals surface area (Å²) in [6.07, 6.45) is 5.01. The van der Waals surface area contributed by atoms with Crippen LogP contribution < -0.4 is 14.9 Å². The minimum absolute atomic E-state index is 0.000720. The lowest BCUT2D eigenvalue weighted by atomic mass is 9.84. The summed E-state index contributed by atoms with van der Waals surface area (Å²) < 4.78 is 3.65. The first-order valence-electron chi connectivity index (χ1n) is 15.0. The highest BCUT2D eigenvalue weighted by Crippen LogP contribution is 2.57. The van der Waals surface area contributed by atoms with Crippen LogP contribution in [0.5, 0.6) is 0 Å². The van der Waals surface area contributed by atoms with E-state index in [2.05, 4.69) is 54.6 Å². The number of rotatable bonds is 4. The van der Waals surface area contributed by atoms with E-state index in [1.807, 2.05) is 65.2 Å². The minimum atomic E-state index is -0.252. The van der Waals surface area contributed by atoms with Crippen molar-refractivity contribution in [2.75, 3.05) is 0 Å². The molecular weight excluding hydrogens is 668 g/mol. The first-order valence-corrected chi connectivity index (χ1v) is 18.2. The first-order chi connectivity index (χ1) is 22.5. The van der Waals surface area contributed by atoms with E-state index in [1.54, 1.807) is 23.5 Å². The van der Waals surface area contributed by atoms with Gasteiger partial charge in [0.25, 0.3) is 5.56 Å². The second kappa shape index (κ2) is 12.6. The summed E-state index contributed by atoms with van der Waals surface area (Å²) in [5.41, 5.74) is 7.78. The number of fused-ring (bicyclic) bond motifs is 1. The average Bonchev–Trinajstić information content (AvgIpc) is 3.68. The molecule has 0 fully saturated rings. The molecule has 4 aromatic carbocycles. The average molecular weight is 694 g/mol. The van der Waals surface area contributed by atoms with Crippen LogP contribution >= 0.6 is 58.1 Å². The molecule has 46 heavy (non-hydrogen) atoms. The smallest absolute Gasteiger partial charge is 0.272 e. The Morgan fingerprint density at radius 1 is 0.739 bits per heavy atom. The number of hydrogen-bond donors (Lipinski definition) is 0. The molecule has 1 aliphatic carbocycles. The normalized spacial score (nSPS) is 18.5. The molecule has 0 saturated carbocycles.